The summed E-state index contributed by atoms with van der Waals surface area (Å²) in [4.78, 5) is 15.9. The van der Waals surface area contributed by atoms with Gasteiger partial charge in [-0.25, -0.2) is 0 Å². The van der Waals surface area contributed by atoms with Crippen LogP contribution in [0.2, 0.25) is 0 Å². The van der Waals surface area contributed by atoms with E-state index < -0.39 is 0 Å². The van der Waals surface area contributed by atoms with E-state index in [4.69, 9.17) is 0 Å². The van der Waals surface area contributed by atoms with Gasteiger partial charge in [-0.2, -0.15) is 0 Å². The first-order chi connectivity index (χ1) is 7.78. The normalized spacial score (nSPS) is 19.4. The van der Waals surface area contributed by atoms with Gasteiger partial charge in [0.05, 0.1) is 0 Å². The molecule has 1 rings (SSSR count). The highest BCUT2D eigenvalue weighted by Crippen LogP contribution is 2.24. The largest absolute Gasteiger partial charge is 0.349 e. The number of piperidine rings is 1. The van der Waals surface area contributed by atoms with E-state index >= 15 is 0 Å². The van der Waals surface area contributed by atoms with Crippen LogP contribution >= 0.6 is 0 Å². The van der Waals surface area contributed by atoms with Gasteiger partial charge in [0, 0.05) is 27.1 Å². The number of amides is 1. The molecule has 1 fully saturated rings. The number of rotatable bonds is 3. The van der Waals surface area contributed by atoms with Crippen LogP contribution in [0.3, 0.4) is 0 Å². The zero-order valence-electron chi connectivity index (χ0n) is 12.1. The first-order valence-corrected chi connectivity index (χ1v) is 6.70. The van der Waals surface area contributed by atoms with Crippen LogP contribution in [0, 0.1) is 11.3 Å². The molecule has 0 N–H and O–H groups in total. The third kappa shape index (κ3) is 5.53. The number of carbonyl (C=O) groups is 1. The van der Waals surface area contributed by atoms with Crippen molar-refractivity contribution in [2.75, 3.05) is 33.7 Å². The summed E-state index contributed by atoms with van der Waals surface area (Å²) in [7, 11) is 3.69. The van der Waals surface area contributed by atoms with Crippen LogP contribution in [0.4, 0.5) is 0 Å². The molecular formula is C14H28N2O. The van der Waals surface area contributed by atoms with Crippen molar-refractivity contribution in [1.29, 1.82) is 0 Å². The lowest BCUT2D eigenvalue weighted by Gasteiger charge is -2.36. The minimum atomic E-state index is 0.277. The topological polar surface area (TPSA) is 23.6 Å². The average molecular weight is 240 g/mol. The van der Waals surface area contributed by atoms with E-state index in [9.17, 15) is 4.79 Å². The number of nitrogens with zero attached hydrogens (tertiary/aromatic N) is 2. The van der Waals surface area contributed by atoms with Gasteiger partial charge in [-0.1, -0.05) is 20.8 Å². The van der Waals surface area contributed by atoms with Gasteiger partial charge < -0.3 is 9.80 Å². The molecule has 3 nitrogen and oxygen atoms in total. The lowest BCUT2D eigenvalue weighted by atomic mass is 9.90. The molecule has 0 aromatic heterocycles. The predicted molar refractivity (Wildman–Crippen MR) is 71.9 cm³/mol. The summed E-state index contributed by atoms with van der Waals surface area (Å²) in [6, 6.07) is 0. The molecule has 0 atom stereocenters. The highest BCUT2D eigenvalue weighted by atomic mass is 16.2. The first kappa shape index (κ1) is 14.5. The first-order valence-electron chi connectivity index (χ1n) is 6.70. The van der Waals surface area contributed by atoms with Gasteiger partial charge in [0.15, 0.2) is 0 Å². The average Bonchev–Trinajstić information content (AvgIpc) is 2.18. The minimum Gasteiger partial charge on any atom is -0.349 e. The molecule has 17 heavy (non-hydrogen) atoms. The summed E-state index contributed by atoms with van der Waals surface area (Å²) in [5.41, 5.74) is 0.381. The Morgan fingerprint density at radius 2 is 1.76 bits per heavy atom. The molecule has 0 aliphatic carbocycles. The molecule has 0 spiro atoms. The Kier molecular flexibility index (Phi) is 4.99. The summed E-state index contributed by atoms with van der Waals surface area (Å²) in [6.07, 6.45) is 3.08. The monoisotopic (exact) mass is 240 g/mol. The Morgan fingerprint density at radius 3 is 2.18 bits per heavy atom. The van der Waals surface area contributed by atoms with Gasteiger partial charge in [-0.3, -0.25) is 4.79 Å². The molecule has 100 valence electrons. The van der Waals surface area contributed by atoms with Gasteiger partial charge in [0.1, 0.15) is 0 Å². The summed E-state index contributed by atoms with van der Waals surface area (Å²) < 4.78 is 0. The van der Waals surface area contributed by atoms with Crippen molar-refractivity contribution >= 4 is 5.91 Å². The molecule has 1 heterocycles. The quantitative estimate of drug-likeness (QED) is 0.755. The van der Waals surface area contributed by atoms with Crippen LogP contribution in [0.15, 0.2) is 0 Å². The van der Waals surface area contributed by atoms with E-state index in [0.717, 1.165) is 19.5 Å². The fraction of sp³-hybridized carbons (Fsp3) is 0.929. The second-order valence-electron chi connectivity index (χ2n) is 6.77. The van der Waals surface area contributed by atoms with Crippen molar-refractivity contribution in [1.82, 2.24) is 9.80 Å². The molecule has 0 aromatic carbocycles. The zero-order chi connectivity index (χ0) is 13.1. The maximum absolute atomic E-state index is 11.6. The molecule has 0 bridgehead atoms. The van der Waals surface area contributed by atoms with Crippen LogP contribution in [-0.2, 0) is 4.79 Å². The van der Waals surface area contributed by atoms with Crippen molar-refractivity contribution in [3.05, 3.63) is 0 Å². The Morgan fingerprint density at radius 1 is 1.24 bits per heavy atom. The lowest BCUT2D eigenvalue weighted by Crippen LogP contribution is -2.40. The second-order valence-corrected chi connectivity index (χ2v) is 6.77. The fourth-order valence-corrected chi connectivity index (χ4v) is 2.45. The maximum Gasteiger partial charge on any atom is 0.222 e. The molecule has 0 aromatic rings. The molecule has 1 amide bonds. The standard InChI is InChI=1S/C14H28N2O/c1-14(2,3)11-16-8-6-12(7-9-16)10-13(17)15(4)5/h12H,6-11H2,1-5H3. The van der Waals surface area contributed by atoms with E-state index in [2.05, 4.69) is 25.7 Å². The molecule has 1 aliphatic heterocycles. The van der Waals surface area contributed by atoms with Gasteiger partial charge in [0.25, 0.3) is 0 Å². The van der Waals surface area contributed by atoms with Gasteiger partial charge in [-0.05, 0) is 37.3 Å². The number of hydrogen-bond donors (Lipinski definition) is 0. The van der Waals surface area contributed by atoms with Crippen LogP contribution in [-0.4, -0.2) is 49.4 Å². The van der Waals surface area contributed by atoms with E-state index in [-0.39, 0.29) is 5.91 Å². The smallest absolute Gasteiger partial charge is 0.222 e. The molecule has 0 radical (unpaired) electrons. The zero-order valence-corrected chi connectivity index (χ0v) is 12.1. The third-order valence-electron chi connectivity index (χ3n) is 3.37. The van der Waals surface area contributed by atoms with Crippen molar-refractivity contribution in [3.63, 3.8) is 0 Å². The Hall–Kier alpha value is -0.570. The highest BCUT2D eigenvalue weighted by molar-refractivity contribution is 5.75. The molecule has 1 saturated heterocycles. The fourth-order valence-electron chi connectivity index (χ4n) is 2.45. The summed E-state index contributed by atoms with van der Waals surface area (Å²) in [5, 5.41) is 0. The predicted octanol–water partition coefficient (Wildman–Crippen LogP) is 2.22. The van der Waals surface area contributed by atoms with Crippen LogP contribution < -0.4 is 0 Å². The lowest BCUT2D eigenvalue weighted by molar-refractivity contribution is -0.130. The number of hydrogen-bond acceptors (Lipinski definition) is 2. The summed E-state index contributed by atoms with van der Waals surface area (Å²) in [6.45, 7) is 10.3. The number of carbonyl (C=O) groups excluding carboxylic acids is 1. The molecule has 3 heteroatoms. The SMILES string of the molecule is CN(C)C(=O)CC1CCN(CC(C)(C)C)CC1. The third-order valence-corrected chi connectivity index (χ3v) is 3.37. The van der Waals surface area contributed by atoms with Gasteiger partial charge in [0.2, 0.25) is 5.91 Å². The summed E-state index contributed by atoms with van der Waals surface area (Å²) in [5.74, 6) is 0.875. The van der Waals surface area contributed by atoms with Crippen molar-refractivity contribution in [2.24, 2.45) is 11.3 Å². The molecule has 0 unspecified atom stereocenters. The second kappa shape index (κ2) is 5.85. The van der Waals surface area contributed by atoms with Crippen LogP contribution in [0.25, 0.3) is 0 Å². The van der Waals surface area contributed by atoms with Crippen molar-refractivity contribution < 1.29 is 4.79 Å². The van der Waals surface area contributed by atoms with E-state index in [1.807, 2.05) is 14.1 Å². The highest BCUT2D eigenvalue weighted by Gasteiger charge is 2.24. The maximum atomic E-state index is 11.6. The van der Waals surface area contributed by atoms with E-state index in [1.54, 1.807) is 4.90 Å². The molecular weight excluding hydrogens is 212 g/mol. The molecule has 0 saturated carbocycles. The minimum absolute atomic E-state index is 0.277. The van der Waals surface area contributed by atoms with Gasteiger partial charge >= 0.3 is 0 Å². The van der Waals surface area contributed by atoms with E-state index in [1.165, 1.54) is 19.4 Å². The summed E-state index contributed by atoms with van der Waals surface area (Å²) >= 11 is 0. The van der Waals surface area contributed by atoms with E-state index in [0.29, 0.717) is 11.3 Å². The van der Waals surface area contributed by atoms with Crippen molar-refractivity contribution in [2.45, 2.75) is 40.0 Å². The van der Waals surface area contributed by atoms with Crippen molar-refractivity contribution in [3.8, 4) is 0 Å². The Bertz CT molecular complexity index is 247. The molecule has 1 aliphatic rings. The van der Waals surface area contributed by atoms with Gasteiger partial charge in [-0.15, -0.1) is 0 Å². The Labute approximate surface area is 106 Å². The van der Waals surface area contributed by atoms with Crippen LogP contribution in [0.5, 0.6) is 0 Å². The Balaban J connectivity index is 2.29. The van der Waals surface area contributed by atoms with Crippen LogP contribution in [0.1, 0.15) is 40.0 Å². The number of likely N-dealkylation sites (tertiary alicyclic amines) is 1.